The Hall–Kier alpha value is -5.86. The first-order valence-corrected chi connectivity index (χ1v) is 29.9. The molecule has 354 valence electrons. The Morgan fingerprint density at radius 2 is 0.900 bits per heavy atom. The summed E-state index contributed by atoms with van der Waals surface area (Å²) in [6.07, 6.45) is 8.49. The van der Waals surface area contributed by atoms with Crippen molar-refractivity contribution in [2.45, 2.75) is 93.2 Å². The third kappa shape index (κ3) is 10.6. The average Bonchev–Trinajstić information content (AvgIpc) is 4.12. The van der Waals surface area contributed by atoms with Crippen molar-refractivity contribution in [3.63, 3.8) is 0 Å². The Bertz CT molecular complexity index is 3510. The number of benzene rings is 4. The standard InChI is InChI=1S/C60H60IN4O3PSi/c1-37-35-38(2)54(39(3)36-37)58-52-31-29-50(64-52)55(41-15-13-40(14-16-41)33-34-70(10,11)12)46-25-27-48(62-46)57(43-19-23-45(24-20-43)69(66,67-59(4,5)6)68-60(7,8)9)49-28-26-47(63-49)56(51-30-32-53(58)65-51)42-17-21-44(61)22-18-42/h13-32,35-36,63-64H,1-12H3. The lowest BCUT2D eigenvalue weighted by molar-refractivity contribution is 0.0548. The Morgan fingerprint density at radius 3 is 1.30 bits per heavy atom. The van der Waals surface area contributed by atoms with Gasteiger partial charge in [0.05, 0.1) is 39.3 Å². The van der Waals surface area contributed by atoms with Gasteiger partial charge in [0.2, 0.25) is 0 Å². The summed E-state index contributed by atoms with van der Waals surface area (Å²) in [6.45, 7) is 24.7. The van der Waals surface area contributed by atoms with Crippen LogP contribution in [0.1, 0.15) is 86.6 Å². The van der Waals surface area contributed by atoms with Crippen LogP contribution in [-0.2, 0) is 13.6 Å². The molecule has 7 aromatic rings. The van der Waals surface area contributed by atoms with Gasteiger partial charge < -0.3 is 9.97 Å². The van der Waals surface area contributed by atoms with Crippen LogP contribution in [0.3, 0.4) is 0 Å². The molecule has 2 N–H and O–H groups in total. The number of halogens is 1. The predicted octanol–water partition coefficient (Wildman–Crippen LogP) is 16.5. The van der Waals surface area contributed by atoms with E-state index in [1.54, 1.807) is 0 Å². The van der Waals surface area contributed by atoms with Crippen LogP contribution >= 0.6 is 30.2 Å². The van der Waals surface area contributed by atoms with Crippen LogP contribution < -0.4 is 5.30 Å². The summed E-state index contributed by atoms with van der Waals surface area (Å²) in [5.41, 5.74) is 21.5. The Kier molecular flexibility index (Phi) is 13.1. The highest BCUT2D eigenvalue weighted by Crippen LogP contribution is 2.53. The van der Waals surface area contributed by atoms with Crippen LogP contribution in [0.2, 0.25) is 19.6 Å². The van der Waals surface area contributed by atoms with Crippen LogP contribution in [0.25, 0.3) is 90.9 Å². The van der Waals surface area contributed by atoms with E-state index >= 15 is 0 Å². The smallest absolute Gasteiger partial charge is 0.354 e. The number of aromatic nitrogens is 4. The largest absolute Gasteiger partial charge is 0.362 e. The molecular weight excluding hydrogens is 1010 g/mol. The minimum atomic E-state index is -3.76. The number of hydrogen-bond donors (Lipinski definition) is 2. The lowest BCUT2D eigenvalue weighted by Crippen LogP contribution is -2.28. The van der Waals surface area contributed by atoms with Gasteiger partial charge in [-0.1, -0.05) is 79.7 Å². The van der Waals surface area contributed by atoms with Crippen molar-refractivity contribution in [1.29, 1.82) is 0 Å². The van der Waals surface area contributed by atoms with Crippen molar-refractivity contribution in [2.75, 3.05) is 0 Å². The van der Waals surface area contributed by atoms with Gasteiger partial charge in [0.25, 0.3) is 0 Å². The Morgan fingerprint density at radius 1 is 0.529 bits per heavy atom. The molecule has 9 rings (SSSR count). The maximum absolute atomic E-state index is 14.7. The molecule has 0 saturated carbocycles. The number of fused-ring (bicyclic) bond motifs is 8. The molecule has 70 heavy (non-hydrogen) atoms. The molecule has 8 bridgehead atoms. The molecule has 0 saturated heterocycles. The Labute approximate surface area is 427 Å². The van der Waals surface area contributed by atoms with Gasteiger partial charge in [-0.2, -0.15) is 0 Å². The zero-order chi connectivity index (χ0) is 49.9. The van der Waals surface area contributed by atoms with Gasteiger partial charge in [-0.05, 0) is 203 Å². The van der Waals surface area contributed by atoms with Gasteiger partial charge in [0.15, 0.2) is 0 Å². The van der Waals surface area contributed by atoms with E-state index < -0.39 is 26.9 Å². The van der Waals surface area contributed by atoms with Gasteiger partial charge in [0.1, 0.15) is 8.07 Å². The second-order valence-corrected chi connectivity index (χ2v) is 29.2. The molecule has 0 fully saturated rings. The zero-order valence-electron chi connectivity index (χ0n) is 42.1. The molecule has 2 aliphatic rings. The van der Waals surface area contributed by atoms with Crippen LogP contribution in [-0.4, -0.2) is 39.2 Å². The van der Waals surface area contributed by atoms with Crippen LogP contribution in [0.5, 0.6) is 0 Å². The van der Waals surface area contributed by atoms with Crippen LogP contribution in [0.15, 0.2) is 109 Å². The third-order valence-corrected chi connectivity index (χ3v) is 15.9. The first-order chi connectivity index (χ1) is 33.0. The number of rotatable bonds is 7. The molecule has 7 nitrogen and oxygen atoms in total. The predicted molar refractivity (Wildman–Crippen MR) is 307 cm³/mol. The quantitative estimate of drug-likeness (QED) is 0.0718. The molecule has 0 radical (unpaired) electrons. The van der Waals surface area contributed by atoms with Crippen molar-refractivity contribution in [2.24, 2.45) is 0 Å². The van der Waals surface area contributed by atoms with Gasteiger partial charge in [-0.25, -0.2) is 9.97 Å². The van der Waals surface area contributed by atoms with E-state index in [4.69, 9.17) is 19.0 Å². The van der Waals surface area contributed by atoms with E-state index in [1.165, 1.54) is 16.7 Å². The summed E-state index contributed by atoms with van der Waals surface area (Å²) in [7, 11) is -5.35. The summed E-state index contributed by atoms with van der Waals surface area (Å²) in [6, 6.07) is 37.9. The number of nitrogens with zero attached hydrogens (tertiary/aromatic N) is 2. The maximum Gasteiger partial charge on any atom is 0.362 e. The second-order valence-electron chi connectivity index (χ2n) is 21.3. The van der Waals surface area contributed by atoms with E-state index in [9.17, 15) is 4.57 Å². The molecule has 5 heterocycles. The fourth-order valence-electron chi connectivity index (χ4n) is 9.21. The molecule has 2 aliphatic heterocycles. The summed E-state index contributed by atoms with van der Waals surface area (Å²) in [5, 5.41) is 0.481. The van der Waals surface area contributed by atoms with Crippen molar-refractivity contribution in [3.8, 4) is 56.0 Å². The number of nitrogens with one attached hydrogen (secondary N) is 2. The molecule has 0 aliphatic carbocycles. The highest BCUT2D eigenvalue weighted by atomic mass is 127. The Balaban J connectivity index is 1.39. The summed E-state index contributed by atoms with van der Waals surface area (Å²) >= 11 is 2.36. The number of H-pyrrole nitrogens is 2. The van der Waals surface area contributed by atoms with Crippen molar-refractivity contribution >= 4 is 89.9 Å². The van der Waals surface area contributed by atoms with E-state index in [1.807, 2.05) is 65.8 Å². The fraction of sp³-hybridized carbons (Fsp3) is 0.233. The highest BCUT2D eigenvalue weighted by Gasteiger charge is 2.37. The first-order valence-electron chi connectivity index (χ1n) is 23.8. The molecule has 10 heteroatoms. The number of aromatic amines is 2. The van der Waals surface area contributed by atoms with Crippen LogP contribution in [0, 0.1) is 35.8 Å². The van der Waals surface area contributed by atoms with Crippen molar-refractivity contribution in [1.82, 2.24) is 19.9 Å². The van der Waals surface area contributed by atoms with E-state index in [-0.39, 0.29) is 0 Å². The SMILES string of the molecule is Cc1cc(C)c(-c2c3nc(c(-c4ccc(I)cc4)c4ccc([nH]4)c(-c4ccc(P(=O)(OC(C)(C)C)OC(C)(C)C)cc4)c4nc(c(-c5ccc(C#C[Si](C)(C)C)cc5)c5ccc2[nH]5)C=C4)C=C3)c(C)c1. The highest BCUT2D eigenvalue weighted by molar-refractivity contribution is 14.1. The number of aryl methyl sites for hydroxylation is 3. The minimum absolute atomic E-state index is 0.481. The lowest BCUT2D eigenvalue weighted by atomic mass is 9.92. The average molecular weight is 1070 g/mol. The second kappa shape index (κ2) is 18.7. The summed E-state index contributed by atoms with van der Waals surface area (Å²) in [4.78, 5) is 18.8. The maximum atomic E-state index is 14.7. The van der Waals surface area contributed by atoms with Gasteiger partial charge in [0, 0.05) is 53.5 Å². The molecule has 0 atom stereocenters. The molecule has 3 aromatic heterocycles. The van der Waals surface area contributed by atoms with E-state index in [2.05, 4.69) is 194 Å². The molecular formula is C60H60IN4O3PSi. The van der Waals surface area contributed by atoms with Gasteiger partial charge >= 0.3 is 7.60 Å². The number of hydrogen-bond acceptors (Lipinski definition) is 5. The summed E-state index contributed by atoms with van der Waals surface area (Å²) < 4.78 is 28.4. The third-order valence-electron chi connectivity index (χ3n) is 11.8. The zero-order valence-corrected chi connectivity index (χ0v) is 46.2. The van der Waals surface area contributed by atoms with Gasteiger partial charge in [-0.15, -0.1) is 5.54 Å². The van der Waals surface area contributed by atoms with Gasteiger partial charge in [-0.3, -0.25) is 13.6 Å². The summed E-state index contributed by atoms with van der Waals surface area (Å²) in [5.74, 6) is 3.44. The van der Waals surface area contributed by atoms with Crippen LogP contribution in [0.4, 0.5) is 0 Å². The van der Waals surface area contributed by atoms with E-state index in [0.717, 1.165) is 98.5 Å². The first kappa shape index (κ1) is 49.1. The molecule has 0 unspecified atom stereocenters. The fourth-order valence-corrected chi connectivity index (χ4v) is 12.3. The van der Waals surface area contributed by atoms with Crippen molar-refractivity contribution in [3.05, 3.63) is 158 Å². The molecule has 0 spiro atoms. The topological polar surface area (TPSA) is 92.9 Å². The van der Waals surface area contributed by atoms with Crippen molar-refractivity contribution < 1.29 is 13.6 Å². The van der Waals surface area contributed by atoms with E-state index in [0.29, 0.717) is 5.30 Å². The lowest BCUT2D eigenvalue weighted by Gasteiger charge is -2.32. The normalized spacial score (nSPS) is 12.9. The monoisotopic (exact) mass is 1070 g/mol. The minimum Gasteiger partial charge on any atom is -0.354 e. The molecule has 0 amide bonds. The molecule has 4 aromatic carbocycles.